The fourth-order valence-electron chi connectivity index (χ4n) is 2.97. The van der Waals surface area contributed by atoms with Gasteiger partial charge >= 0.3 is 0 Å². The summed E-state index contributed by atoms with van der Waals surface area (Å²) in [6.07, 6.45) is 0.655. The number of hydrogen-bond acceptors (Lipinski definition) is 3. The maximum absolute atomic E-state index is 13.0. The topological polar surface area (TPSA) is 38.8 Å². The second-order valence-electron chi connectivity index (χ2n) is 7.65. The quantitative estimate of drug-likeness (QED) is 0.671. The number of halogens is 2. The van der Waals surface area contributed by atoms with Crippen LogP contribution in [0.15, 0.2) is 36.4 Å². The maximum atomic E-state index is 13.0. The van der Waals surface area contributed by atoms with Crippen LogP contribution in [0.25, 0.3) is 0 Å². The molecule has 144 valence electrons. The number of carbonyl (C=O) groups excluding carboxylic acids is 1. The van der Waals surface area contributed by atoms with Crippen LogP contribution in [0.3, 0.4) is 0 Å². The predicted octanol–water partition coefficient (Wildman–Crippen LogP) is 5.34. The predicted molar refractivity (Wildman–Crippen MR) is 108 cm³/mol. The van der Waals surface area contributed by atoms with Gasteiger partial charge in [0, 0.05) is 28.5 Å². The summed E-state index contributed by atoms with van der Waals surface area (Å²) in [6, 6.07) is 11.2. The lowest BCUT2D eigenvalue weighted by molar-refractivity contribution is -0.140. The minimum absolute atomic E-state index is 0.0882. The number of benzene rings is 2. The van der Waals surface area contributed by atoms with E-state index in [1.165, 1.54) is 0 Å². The van der Waals surface area contributed by atoms with Crippen molar-refractivity contribution in [2.45, 2.75) is 33.7 Å². The number of carbonyl (C=O) groups is 1. The SMILES string of the molecule is CC(C)(C)C(=O)N(CCc1ccc(Cl)cc1Cl)Cc1ccc2c(c1)OCO2. The Labute approximate surface area is 170 Å². The third-order valence-corrected chi connectivity index (χ3v) is 4.99. The molecule has 0 unspecified atom stereocenters. The molecular formula is C21H23Cl2NO3. The van der Waals surface area contributed by atoms with Crippen molar-refractivity contribution < 1.29 is 14.3 Å². The van der Waals surface area contributed by atoms with E-state index in [1.54, 1.807) is 6.07 Å². The van der Waals surface area contributed by atoms with Gasteiger partial charge in [0.25, 0.3) is 0 Å². The van der Waals surface area contributed by atoms with Gasteiger partial charge in [0.1, 0.15) is 0 Å². The van der Waals surface area contributed by atoms with Gasteiger partial charge in [-0.1, -0.05) is 56.1 Å². The monoisotopic (exact) mass is 407 g/mol. The zero-order valence-electron chi connectivity index (χ0n) is 15.7. The fourth-order valence-corrected chi connectivity index (χ4v) is 3.47. The molecule has 0 spiro atoms. The number of hydrogen-bond donors (Lipinski definition) is 0. The Kier molecular flexibility index (Phi) is 5.87. The fraction of sp³-hybridized carbons (Fsp3) is 0.381. The second kappa shape index (κ2) is 7.99. The van der Waals surface area contributed by atoms with Crippen molar-refractivity contribution in [3.05, 3.63) is 57.6 Å². The summed E-state index contributed by atoms with van der Waals surface area (Å²) in [7, 11) is 0. The van der Waals surface area contributed by atoms with Gasteiger partial charge in [0.05, 0.1) is 0 Å². The summed E-state index contributed by atoms with van der Waals surface area (Å²) in [4.78, 5) is 14.8. The lowest BCUT2D eigenvalue weighted by atomic mass is 9.94. The molecule has 2 aromatic rings. The molecule has 1 aliphatic rings. The number of nitrogens with zero attached hydrogens (tertiary/aromatic N) is 1. The molecular weight excluding hydrogens is 385 g/mol. The van der Waals surface area contributed by atoms with Crippen LogP contribution < -0.4 is 9.47 Å². The first kappa shape index (κ1) is 19.8. The standard InChI is InChI=1S/C21H23Cl2NO3/c1-21(2,3)20(25)24(9-8-15-5-6-16(22)11-17(15)23)12-14-4-7-18-19(10-14)27-13-26-18/h4-7,10-11H,8-9,12-13H2,1-3H3. The van der Waals surface area contributed by atoms with Crippen LogP contribution in [0.2, 0.25) is 10.0 Å². The van der Waals surface area contributed by atoms with Crippen molar-refractivity contribution in [1.82, 2.24) is 4.90 Å². The molecule has 0 aliphatic carbocycles. The third kappa shape index (κ3) is 4.88. The van der Waals surface area contributed by atoms with Crippen LogP contribution in [-0.2, 0) is 17.8 Å². The van der Waals surface area contributed by atoms with Crippen molar-refractivity contribution in [2.75, 3.05) is 13.3 Å². The number of ether oxygens (including phenoxy) is 2. The van der Waals surface area contributed by atoms with Crippen molar-refractivity contribution >= 4 is 29.1 Å². The Morgan fingerprint density at radius 2 is 1.81 bits per heavy atom. The Bertz CT molecular complexity index is 846. The van der Waals surface area contributed by atoms with Gasteiger partial charge in [-0.3, -0.25) is 4.79 Å². The largest absolute Gasteiger partial charge is 0.454 e. The maximum Gasteiger partial charge on any atom is 0.231 e. The minimum atomic E-state index is -0.472. The Morgan fingerprint density at radius 1 is 1.07 bits per heavy atom. The van der Waals surface area contributed by atoms with Crippen LogP contribution in [0.4, 0.5) is 0 Å². The summed E-state index contributed by atoms with van der Waals surface area (Å²) in [5.41, 5.74) is 1.50. The molecule has 6 heteroatoms. The Hall–Kier alpha value is -1.91. The highest BCUT2D eigenvalue weighted by Gasteiger charge is 2.27. The van der Waals surface area contributed by atoms with Crippen molar-refractivity contribution in [3.63, 3.8) is 0 Å². The molecule has 4 nitrogen and oxygen atoms in total. The molecule has 1 heterocycles. The summed E-state index contributed by atoms with van der Waals surface area (Å²) in [5, 5.41) is 1.22. The molecule has 0 bridgehead atoms. The van der Waals surface area contributed by atoms with Gasteiger partial charge in [-0.05, 0) is 41.8 Å². The highest BCUT2D eigenvalue weighted by atomic mass is 35.5. The summed E-state index contributed by atoms with van der Waals surface area (Å²) >= 11 is 12.3. The van der Waals surface area contributed by atoms with Crippen molar-refractivity contribution in [3.8, 4) is 11.5 Å². The van der Waals surface area contributed by atoms with Crippen LogP contribution >= 0.6 is 23.2 Å². The van der Waals surface area contributed by atoms with E-state index in [2.05, 4.69) is 0 Å². The molecule has 1 amide bonds. The smallest absolute Gasteiger partial charge is 0.231 e. The number of fused-ring (bicyclic) bond motifs is 1. The molecule has 2 aromatic carbocycles. The number of amides is 1. The van der Waals surface area contributed by atoms with E-state index in [0.29, 0.717) is 29.6 Å². The highest BCUT2D eigenvalue weighted by Crippen LogP contribution is 2.33. The normalized spacial score (nSPS) is 12.9. The lowest BCUT2D eigenvalue weighted by Gasteiger charge is -2.30. The first-order valence-electron chi connectivity index (χ1n) is 8.86. The Morgan fingerprint density at radius 3 is 2.52 bits per heavy atom. The minimum Gasteiger partial charge on any atom is -0.454 e. The summed E-state index contributed by atoms with van der Waals surface area (Å²) in [5.74, 6) is 1.54. The average Bonchev–Trinajstić information content (AvgIpc) is 3.06. The van der Waals surface area contributed by atoms with Crippen molar-refractivity contribution in [1.29, 1.82) is 0 Å². The molecule has 0 radical (unpaired) electrons. The van der Waals surface area contributed by atoms with Crippen LogP contribution in [-0.4, -0.2) is 24.1 Å². The van der Waals surface area contributed by atoms with E-state index >= 15 is 0 Å². The molecule has 0 atom stereocenters. The van der Waals surface area contributed by atoms with Crippen LogP contribution in [0.5, 0.6) is 11.5 Å². The third-order valence-electron chi connectivity index (χ3n) is 4.41. The van der Waals surface area contributed by atoms with Crippen LogP contribution in [0, 0.1) is 5.41 Å². The zero-order chi connectivity index (χ0) is 19.6. The summed E-state index contributed by atoms with van der Waals surface area (Å²) in [6.45, 7) is 7.08. The molecule has 0 aromatic heterocycles. The van der Waals surface area contributed by atoms with E-state index in [9.17, 15) is 4.79 Å². The zero-order valence-corrected chi connectivity index (χ0v) is 17.2. The van der Waals surface area contributed by atoms with Gasteiger partial charge in [-0.2, -0.15) is 0 Å². The van der Waals surface area contributed by atoms with Crippen molar-refractivity contribution in [2.24, 2.45) is 5.41 Å². The molecule has 0 fully saturated rings. The molecule has 3 rings (SSSR count). The van der Waals surface area contributed by atoms with Crippen LogP contribution in [0.1, 0.15) is 31.9 Å². The van der Waals surface area contributed by atoms with Gasteiger partial charge in [-0.15, -0.1) is 0 Å². The van der Waals surface area contributed by atoms with E-state index < -0.39 is 5.41 Å². The molecule has 0 saturated heterocycles. The van der Waals surface area contributed by atoms with E-state index in [4.69, 9.17) is 32.7 Å². The average molecular weight is 408 g/mol. The number of rotatable bonds is 5. The molecule has 27 heavy (non-hydrogen) atoms. The van der Waals surface area contributed by atoms with E-state index in [1.807, 2.05) is 56.0 Å². The van der Waals surface area contributed by atoms with Gasteiger partial charge in [-0.25, -0.2) is 0 Å². The lowest BCUT2D eigenvalue weighted by Crippen LogP contribution is -2.40. The van der Waals surface area contributed by atoms with Gasteiger partial charge < -0.3 is 14.4 Å². The summed E-state index contributed by atoms with van der Waals surface area (Å²) < 4.78 is 10.8. The second-order valence-corrected chi connectivity index (χ2v) is 8.49. The molecule has 0 N–H and O–H groups in total. The van der Waals surface area contributed by atoms with Gasteiger partial charge in [0.2, 0.25) is 12.7 Å². The molecule has 0 saturated carbocycles. The first-order chi connectivity index (χ1) is 12.7. The Balaban J connectivity index is 1.77. The van der Waals surface area contributed by atoms with E-state index in [-0.39, 0.29) is 12.7 Å². The first-order valence-corrected chi connectivity index (χ1v) is 9.61. The molecule has 1 aliphatic heterocycles. The van der Waals surface area contributed by atoms with E-state index in [0.717, 1.165) is 22.6 Å². The van der Waals surface area contributed by atoms with Gasteiger partial charge in [0.15, 0.2) is 11.5 Å². The highest BCUT2D eigenvalue weighted by molar-refractivity contribution is 6.35.